The van der Waals surface area contributed by atoms with E-state index >= 15 is 0 Å². The van der Waals surface area contributed by atoms with Gasteiger partial charge in [-0.05, 0) is 31.0 Å². The number of nitrogens with zero attached hydrogens (tertiary/aromatic N) is 2. The summed E-state index contributed by atoms with van der Waals surface area (Å²) >= 11 is 0. The maximum atomic E-state index is 5.84. The Morgan fingerprint density at radius 2 is 2.11 bits per heavy atom. The third-order valence-electron chi connectivity index (χ3n) is 3.65. The molecule has 1 aromatic heterocycles. The number of anilines is 1. The molecule has 3 rings (SSSR count). The lowest BCUT2D eigenvalue weighted by atomic mass is 10.1. The predicted molar refractivity (Wildman–Crippen MR) is 77.8 cm³/mol. The largest absolute Gasteiger partial charge is 0.440 e. The summed E-state index contributed by atoms with van der Waals surface area (Å²) in [4.78, 5) is 7.02. The minimum absolute atomic E-state index is 0.859. The van der Waals surface area contributed by atoms with E-state index in [1.54, 1.807) is 0 Å². The zero-order valence-electron chi connectivity index (χ0n) is 11.7. The van der Waals surface area contributed by atoms with Crippen LogP contribution in [0.15, 0.2) is 16.5 Å². The fourth-order valence-electron chi connectivity index (χ4n) is 2.65. The molecule has 1 saturated heterocycles. The molecular formula is C15H21N3O. The van der Waals surface area contributed by atoms with Gasteiger partial charge >= 0.3 is 0 Å². The number of nitrogens with one attached hydrogen (secondary N) is 1. The second-order valence-corrected chi connectivity index (χ2v) is 5.21. The van der Waals surface area contributed by atoms with Crippen LogP contribution in [0, 0.1) is 6.92 Å². The molecule has 4 heteroatoms. The van der Waals surface area contributed by atoms with Crippen molar-refractivity contribution >= 4 is 16.8 Å². The third-order valence-corrected chi connectivity index (χ3v) is 3.65. The number of aromatic nitrogens is 1. The molecule has 0 amide bonds. The molecule has 102 valence electrons. The first-order valence-electron chi connectivity index (χ1n) is 7.13. The van der Waals surface area contributed by atoms with E-state index in [0.29, 0.717) is 0 Å². The van der Waals surface area contributed by atoms with E-state index in [1.165, 1.54) is 11.3 Å². The van der Waals surface area contributed by atoms with Gasteiger partial charge in [0.05, 0.1) is 0 Å². The van der Waals surface area contributed by atoms with Gasteiger partial charge in [-0.25, -0.2) is 4.98 Å². The fraction of sp³-hybridized carbons (Fsp3) is 0.533. The quantitative estimate of drug-likeness (QED) is 0.919. The Bertz CT molecular complexity index is 570. The van der Waals surface area contributed by atoms with Crippen molar-refractivity contribution in [2.75, 3.05) is 31.1 Å². The Hall–Kier alpha value is -1.55. The van der Waals surface area contributed by atoms with Crippen LogP contribution in [0.1, 0.15) is 24.8 Å². The molecule has 1 aromatic carbocycles. The van der Waals surface area contributed by atoms with E-state index in [4.69, 9.17) is 4.42 Å². The molecule has 0 bridgehead atoms. The van der Waals surface area contributed by atoms with Gasteiger partial charge in [-0.2, -0.15) is 0 Å². The summed E-state index contributed by atoms with van der Waals surface area (Å²) in [7, 11) is 0. The number of fused-ring (bicyclic) bond motifs is 1. The molecule has 2 heterocycles. The Morgan fingerprint density at radius 1 is 1.32 bits per heavy atom. The van der Waals surface area contributed by atoms with Crippen molar-refractivity contribution in [1.82, 2.24) is 10.3 Å². The number of rotatable bonds is 3. The number of benzene rings is 1. The minimum Gasteiger partial charge on any atom is -0.440 e. The van der Waals surface area contributed by atoms with Crippen LogP contribution in [0.4, 0.5) is 5.69 Å². The van der Waals surface area contributed by atoms with Crippen molar-refractivity contribution < 1.29 is 4.42 Å². The smallest absolute Gasteiger partial charge is 0.195 e. The lowest BCUT2D eigenvalue weighted by Crippen LogP contribution is -2.43. The average molecular weight is 259 g/mol. The first-order chi connectivity index (χ1) is 9.28. The number of oxazole rings is 1. The monoisotopic (exact) mass is 259 g/mol. The number of aryl methyl sites for hydroxylation is 2. The standard InChI is InChI=1S/C15H21N3O/c1-3-4-14-17-13-10-12(9-11(2)15(13)19-14)18-7-5-16-6-8-18/h9-10,16H,3-8H2,1-2H3. The number of piperazine rings is 1. The summed E-state index contributed by atoms with van der Waals surface area (Å²) < 4.78 is 5.84. The predicted octanol–water partition coefficient (Wildman–Crippen LogP) is 2.50. The van der Waals surface area contributed by atoms with Crippen LogP contribution in [0.5, 0.6) is 0 Å². The number of hydrogen-bond acceptors (Lipinski definition) is 4. The Labute approximate surface area is 113 Å². The molecule has 0 spiro atoms. The van der Waals surface area contributed by atoms with Crippen molar-refractivity contribution in [2.24, 2.45) is 0 Å². The molecule has 1 N–H and O–H groups in total. The minimum atomic E-state index is 0.859. The molecule has 1 fully saturated rings. The Morgan fingerprint density at radius 3 is 2.84 bits per heavy atom. The van der Waals surface area contributed by atoms with E-state index in [-0.39, 0.29) is 0 Å². The molecule has 0 atom stereocenters. The van der Waals surface area contributed by atoms with Gasteiger partial charge in [0.1, 0.15) is 5.52 Å². The summed E-state index contributed by atoms with van der Waals surface area (Å²) in [6.07, 6.45) is 1.98. The SMILES string of the molecule is CCCc1nc2cc(N3CCNCC3)cc(C)c2o1. The zero-order chi connectivity index (χ0) is 13.2. The van der Waals surface area contributed by atoms with Crippen LogP contribution in [0.25, 0.3) is 11.1 Å². The summed E-state index contributed by atoms with van der Waals surface area (Å²) in [5.74, 6) is 0.859. The Balaban J connectivity index is 1.97. The van der Waals surface area contributed by atoms with Gasteiger partial charge in [0.25, 0.3) is 0 Å². The van der Waals surface area contributed by atoms with E-state index in [2.05, 4.69) is 41.2 Å². The maximum Gasteiger partial charge on any atom is 0.195 e. The molecule has 1 aliphatic heterocycles. The molecule has 4 nitrogen and oxygen atoms in total. The second-order valence-electron chi connectivity index (χ2n) is 5.21. The molecule has 0 unspecified atom stereocenters. The lowest BCUT2D eigenvalue weighted by Gasteiger charge is -2.29. The van der Waals surface area contributed by atoms with Gasteiger partial charge in [0.15, 0.2) is 11.5 Å². The average Bonchev–Trinajstić information content (AvgIpc) is 2.83. The molecule has 0 aliphatic carbocycles. The van der Waals surface area contributed by atoms with Crippen molar-refractivity contribution in [2.45, 2.75) is 26.7 Å². The van der Waals surface area contributed by atoms with Crippen molar-refractivity contribution in [1.29, 1.82) is 0 Å². The number of hydrogen-bond donors (Lipinski definition) is 1. The molecule has 2 aromatic rings. The van der Waals surface area contributed by atoms with Crippen LogP contribution in [-0.4, -0.2) is 31.2 Å². The van der Waals surface area contributed by atoms with Crippen LogP contribution < -0.4 is 10.2 Å². The van der Waals surface area contributed by atoms with Crippen molar-refractivity contribution in [3.8, 4) is 0 Å². The molecular weight excluding hydrogens is 238 g/mol. The topological polar surface area (TPSA) is 41.3 Å². The van der Waals surface area contributed by atoms with Gasteiger partial charge in [-0.3, -0.25) is 0 Å². The molecule has 0 radical (unpaired) electrons. The van der Waals surface area contributed by atoms with Crippen LogP contribution in [0.3, 0.4) is 0 Å². The summed E-state index contributed by atoms with van der Waals surface area (Å²) in [6, 6.07) is 4.38. The second kappa shape index (κ2) is 5.21. The van der Waals surface area contributed by atoms with Gasteiger partial charge in [-0.1, -0.05) is 6.92 Å². The Kier molecular flexibility index (Phi) is 3.42. The highest BCUT2D eigenvalue weighted by Gasteiger charge is 2.14. The highest BCUT2D eigenvalue weighted by molar-refractivity contribution is 5.81. The van der Waals surface area contributed by atoms with Gasteiger partial charge in [-0.15, -0.1) is 0 Å². The van der Waals surface area contributed by atoms with E-state index < -0.39 is 0 Å². The van der Waals surface area contributed by atoms with E-state index in [0.717, 1.165) is 56.0 Å². The summed E-state index contributed by atoms with van der Waals surface area (Å²) in [6.45, 7) is 8.48. The van der Waals surface area contributed by atoms with Gasteiger partial charge in [0, 0.05) is 38.3 Å². The first-order valence-corrected chi connectivity index (χ1v) is 7.13. The zero-order valence-corrected chi connectivity index (χ0v) is 11.7. The fourth-order valence-corrected chi connectivity index (χ4v) is 2.65. The van der Waals surface area contributed by atoms with Crippen molar-refractivity contribution in [3.05, 3.63) is 23.6 Å². The van der Waals surface area contributed by atoms with Crippen LogP contribution in [0.2, 0.25) is 0 Å². The van der Waals surface area contributed by atoms with Crippen LogP contribution in [-0.2, 0) is 6.42 Å². The highest BCUT2D eigenvalue weighted by atomic mass is 16.3. The first kappa shape index (κ1) is 12.5. The molecule has 1 aliphatic rings. The van der Waals surface area contributed by atoms with Crippen molar-refractivity contribution in [3.63, 3.8) is 0 Å². The lowest BCUT2D eigenvalue weighted by molar-refractivity contribution is 0.524. The molecule has 0 saturated carbocycles. The van der Waals surface area contributed by atoms with E-state index in [9.17, 15) is 0 Å². The summed E-state index contributed by atoms with van der Waals surface area (Å²) in [5, 5.41) is 3.38. The summed E-state index contributed by atoms with van der Waals surface area (Å²) in [5.41, 5.74) is 4.39. The highest BCUT2D eigenvalue weighted by Crippen LogP contribution is 2.27. The maximum absolute atomic E-state index is 5.84. The van der Waals surface area contributed by atoms with Gasteiger partial charge in [0.2, 0.25) is 0 Å². The van der Waals surface area contributed by atoms with Gasteiger partial charge < -0.3 is 14.6 Å². The van der Waals surface area contributed by atoms with Crippen LogP contribution >= 0.6 is 0 Å². The molecule has 19 heavy (non-hydrogen) atoms. The normalized spacial score (nSPS) is 16.2. The third kappa shape index (κ3) is 2.45. The van der Waals surface area contributed by atoms with E-state index in [1.807, 2.05) is 0 Å².